The molecule has 1 atom stereocenters. The van der Waals surface area contributed by atoms with Crippen molar-refractivity contribution in [3.8, 4) is 17.2 Å². The van der Waals surface area contributed by atoms with Gasteiger partial charge in [-0.25, -0.2) is 14.2 Å². The van der Waals surface area contributed by atoms with Gasteiger partial charge in [-0.1, -0.05) is 6.07 Å². The van der Waals surface area contributed by atoms with Crippen LogP contribution in [0, 0.1) is 5.82 Å². The van der Waals surface area contributed by atoms with Gasteiger partial charge in [0.05, 0.1) is 26.7 Å². The highest BCUT2D eigenvalue weighted by molar-refractivity contribution is 5.91. The third kappa shape index (κ3) is 5.19. The first-order valence-corrected chi connectivity index (χ1v) is 9.40. The number of hydrogen-bond acceptors (Lipinski definition) is 6. The van der Waals surface area contributed by atoms with Crippen LogP contribution in [0.15, 0.2) is 55.0 Å². The van der Waals surface area contributed by atoms with E-state index < -0.39 is 23.8 Å². The summed E-state index contributed by atoms with van der Waals surface area (Å²) in [6.07, 6.45) is 1.69. The van der Waals surface area contributed by atoms with E-state index in [0.717, 1.165) is 5.56 Å². The summed E-state index contributed by atoms with van der Waals surface area (Å²) >= 11 is 0. The molecular formula is C22H22FN3O5. The van der Waals surface area contributed by atoms with E-state index in [1.54, 1.807) is 18.2 Å². The van der Waals surface area contributed by atoms with Gasteiger partial charge in [0.25, 0.3) is 5.91 Å². The van der Waals surface area contributed by atoms with E-state index >= 15 is 0 Å². The molecule has 9 heteroatoms. The number of esters is 1. The first-order valence-electron chi connectivity index (χ1n) is 9.40. The first-order chi connectivity index (χ1) is 14.9. The Bertz CT molecular complexity index is 1070. The molecule has 0 radical (unpaired) electrons. The van der Waals surface area contributed by atoms with Crippen LogP contribution in [0.25, 0.3) is 5.69 Å². The fraction of sp³-hybridized carbons (Fsp3) is 0.227. The maximum Gasteiger partial charge on any atom is 0.357 e. The molecule has 31 heavy (non-hydrogen) atoms. The van der Waals surface area contributed by atoms with Crippen molar-refractivity contribution < 1.29 is 28.2 Å². The number of hydrogen-bond donors (Lipinski definition) is 1. The second kappa shape index (κ2) is 9.75. The van der Waals surface area contributed by atoms with Crippen molar-refractivity contribution in [2.75, 3.05) is 14.2 Å². The summed E-state index contributed by atoms with van der Waals surface area (Å²) in [7, 11) is 3.07. The van der Waals surface area contributed by atoms with Crippen molar-refractivity contribution in [1.82, 2.24) is 14.9 Å². The molecule has 0 fully saturated rings. The van der Waals surface area contributed by atoms with Gasteiger partial charge in [-0.3, -0.25) is 9.36 Å². The van der Waals surface area contributed by atoms with Gasteiger partial charge in [-0.2, -0.15) is 0 Å². The van der Waals surface area contributed by atoms with E-state index in [1.165, 1.54) is 62.5 Å². The lowest BCUT2D eigenvalue weighted by Crippen LogP contribution is -2.35. The van der Waals surface area contributed by atoms with E-state index in [2.05, 4.69) is 10.3 Å². The van der Waals surface area contributed by atoms with Crippen LogP contribution in [0.1, 0.15) is 23.0 Å². The zero-order valence-corrected chi connectivity index (χ0v) is 17.3. The summed E-state index contributed by atoms with van der Waals surface area (Å²) in [4.78, 5) is 28.9. The van der Waals surface area contributed by atoms with E-state index in [1.807, 2.05) is 0 Å². The number of methoxy groups -OCH3 is 2. The Morgan fingerprint density at radius 2 is 1.81 bits per heavy atom. The first kappa shape index (κ1) is 21.8. The van der Waals surface area contributed by atoms with Gasteiger partial charge in [-0.15, -0.1) is 0 Å². The minimum atomic E-state index is -1.04. The van der Waals surface area contributed by atoms with Crippen LogP contribution in [0.5, 0.6) is 11.5 Å². The Hall–Kier alpha value is -3.88. The van der Waals surface area contributed by atoms with Crippen LogP contribution in [0.3, 0.4) is 0 Å². The average Bonchev–Trinajstić information content (AvgIpc) is 3.27. The van der Waals surface area contributed by atoms with Crippen molar-refractivity contribution in [2.24, 2.45) is 0 Å². The number of ether oxygens (including phenoxy) is 3. The number of aromatic nitrogens is 2. The zero-order chi connectivity index (χ0) is 22.4. The summed E-state index contributed by atoms with van der Waals surface area (Å²) in [5, 5.41) is 2.71. The second-order valence-corrected chi connectivity index (χ2v) is 6.58. The van der Waals surface area contributed by atoms with E-state index in [0.29, 0.717) is 17.2 Å². The van der Waals surface area contributed by atoms with E-state index in [-0.39, 0.29) is 12.2 Å². The van der Waals surface area contributed by atoms with Crippen molar-refractivity contribution in [2.45, 2.75) is 19.6 Å². The average molecular weight is 427 g/mol. The topological polar surface area (TPSA) is 91.7 Å². The smallest absolute Gasteiger partial charge is 0.357 e. The molecule has 3 aromatic rings. The van der Waals surface area contributed by atoms with Crippen molar-refractivity contribution in [1.29, 1.82) is 0 Å². The molecule has 0 aliphatic rings. The van der Waals surface area contributed by atoms with Crippen LogP contribution < -0.4 is 14.8 Å². The lowest BCUT2D eigenvalue weighted by Gasteiger charge is -2.15. The van der Waals surface area contributed by atoms with Crippen molar-refractivity contribution in [3.05, 3.63) is 72.1 Å². The highest BCUT2D eigenvalue weighted by atomic mass is 19.1. The summed E-state index contributed by atoms with van der Waals surface area (Å²) < 4.78 is 30.3. The molecule has 8 nitrogen and oxygen atoms in total. The number of imidazole rings is 1. The van der Waals surface area contributed by atoms with E-state index in [4.69, 9.17) is 14.2 Å². The lowest BCUT2D eigenvalue weighted by molar-refractivity contribution is -0.129. The number of rotatable bonds is 8. The zero-order valence-electron chi connectivity index (χ0n) is 17.3. The Morgan fingerprint density at radius 1 is 1.10 bits per heavy atom. The Morgan fingerprint density at radius 3 is 2.48 bits per heavy atom. The Balaban J connectivity index is 1.61. The van der Waals surface area contributed by atoms with Crippen molar-refractivity contribution in [3.63, 3.8) is 0 Å². The molecule has 1 aromatic heterocycles. The van der Waals surface area contributed by atoms with Gasteiger partial charge >= 0.3 is 5.97 Å². The third-order valence-electron chi connectivity index (χ3n) is 4.52. The largest absolute Gasteiger partial charge is 0.493 e. The SMILES string of the molecule is COc1ccc(CNC(=O)C(C)OC(=O)c2cncn2-c2ccc(F)cc2)cc1OC. The summed E-state index contributed by atoms with van der Waals surface area (Å²) in [5.74, 6) is -0.459. The molecular weight excluding hydrogens is 405 g/mol. The Labute approximate surface area is 178 Å². The van der Waals surface area contributed by atoms with Gasteiger partial charge in [0, 0.05) is 12.2 Å². The molecule has 1 unspecified atom stereocenters. The van der Waals surface area contributed by atoms with Gasteiger partial charge < -0.3 is 19.5 Å². The molecule has 2 aromatic carbocycles. The fourth-order valence-electron chi connectivity index (χ4n) is 2.85. The van der Waals surface area contributed by atoms with Crippen LogP contribution in [0.4, 0.5) is 4.39 Å². The summed E-state index contributed by atoms with van der Waals surface area (Å²) in [6, 6.07) is 10.8. The molecule has 1 heterocycles. The Kier molecular flexibility index (Phi) is 6.86. The molecule has 0 aliphatic carbocycles. The molecule has 1 N–H and O–H groups in total. The molecule has 3 rings (SSSR count). The van der Waals surface area contributed by atoms with E-state index in [9.17, 15) is 14.0 Å². The molecule has 0 spiro atoms. The van der Waals surface area contributed by atoms with Crippen LogP contribution in [0.2, 0.25) is 0 Å². The number of amides is 1. The van der Waals surface area contributed by atoms with Gasteiger partial charge in [0.1, 0.15) is 5.82 Å². The maximum absolute atomic E-state index is 13.1. The fourth-order valence-corrected chi connectivity index (χ4v) is 2.85. The van der Waals surface area contributed by atoms with Crippen molar-refractivity contribution >= 4 is 11.9 Å². The molecule has 0 saturated heterocycles. The number of nitrogens with zero attached hydrogens (tertiary/aromatic N) is 2. The lowest BCUT2D eigenvalue weighted by atomic mass is 10.2. The molecule has 0 saturated carbocycles. The minimum absolute atomic E-state index is 0.117. The summed E-state index contributed by atoms with van der Waals surface area (Å²) in [5.41, 5.74) is 1.45. The number of nitrogens with one attached hydrogen (secondary N) is 1. The molecule has 0 bridgehead atoms. The highest BCUT2D eigenvalue weighted by Gasteiger charge is 2.22. The monoisotopic (exact) mass is 427 g/mol. The van der Waals surface area contributed by atoms with Crippen LogP contribution in [-0.2, 0) is 16.1 Å². The summed E-state index contributed by atoms with van der Waals surface area (Å²) in [6.45, 7) is 1.69. The number of benzene rings is 2. The minimum Gasteiger partial charge on any atom is -0.493 e. The number of halogens is 1. The highest BCUT2D eigenvalue weighted by Crippen LogP contribution is 2.27. The number of carbonyl (C=O) groups excluding carboxylic acids is 2. The molecule has 162 valence electrons. The van der Waals surface area contributed by atoms with Crippen LogP contribution in [-0.4, -0.2) is 41.8 Å². The third-order valence-corrected chi connectivity index (χ3v) is 4.52. The normalized spacial score (nSPS) is 11.5. The molecule has 0 aliphatic heterocycles. The van der Waals surface area contributed by atoms with Crippen LogP contribution >= 0.6 is 0 Å². The number of carbonyl (C=O) groups is 2. The standard InChI is InChI=1S/C22H22FN3O5/c1-14(21(27)25-11-15-4-9-19(29-2)20(10-15)30-3)31-22(28)18-12-24-13-26(18)17-7-5-16(23)6-8-17/h4-10,12-14H,11H2,1-3H3,(H,25,27). The predicted octanol–water partition coefficient (Wildman–Crippen LogP) is 2.89. The van der Waals surface area contributed by atoms with Gasteiger partial charge in [0.15, 0.2) is 23.3 Å². The maximum atomic E-state index is 13.1. The molecule has 1 amide bonds. The van der Waals surface area contributed by atoms with Gasteiger partial charge in [-0.05, 0) is 48.9 Å². The quantitative estimate of drug-likeness (QED) is 0.556. The predicted molar refractivity (Wildman–Crippen MR) is 110 cm³/mol. The van der Waals surface area contributed by atoms with Gasteiger partial charge in [0.2, 0.25) is 0 Å². The second-order valence-electron chi connectivity index (χ2n) is 6.58.